The van der Waals surface area contributed by atoms with E-state index in [9.17, 15) is 9.59 Å². The predicted molar refractivity (Wildman–Crippen MR) is 95.9 cm³/mol. The molecule has 0 saturated carbocycles. The Kier molecular flexibility index (Phi) is 6.34. The minimum Gasteiger partial charge on any atom is -0.465 e. The number of benzene rings is 1. The van der Waals surface area contributed by atoms with Gasteiger partial charge in [-0.2, -0.15) is 0 Å². The van der Waals surface area contributed by atoms with Crippen LogP contribution in [0.4, 0.5) is 5.69 Å². The van der Waals surface area contributed by atoms with Crippen molar-refractivity contribution in [3.63, 3.8) is 0 Å². The van der Waals surface area contributed by atoms with Gasteiger partial charge in [-0.15, -0.1) is 11.3 Å². The van der Waals surface area contributed by atoms with Gasteiger partial charge in [0.05, 0.1) is 34.1 Å². The first-order valence-electron chi connectivity index (χ1n) is 7.52. The third-order valence-corrected chi connectivity index (χ3v) is 4.64. The standard InChI is InChI=1S/C17H19ClN2O3S/c1-10(2)14-9-24-16(20-14)7-6-15(21)19-13-8-11(17(22)23-3)4-5-12(13)18/h4-5,8-10H,6-7H2,1-3H3,(H,19,21). The zero-order chi connectivity index (χ0) is 17.7. The Labute approximate surface area is 150 Å². The fraction of sp³-hybridized carbons (Fsp3) is 0.353. The van der Waals surface area contributed by atoms with Gasteiger partial charge < -0.3 is 10.1 Å². The molecule has 5 nitrogen and oxygen atoms in total. The third kappa shape index (κ3) is 4.79. The van der Waals surface area contributed by atoms with Gasteiger partial charge in [-0.25, -0.2) is 9.78 Å². The molecule has 2 rings (SSSR count). The zero-order valence-corrected chi connectivity index (χ0v) is 15.3. The van der Waals surface area contributed by atoms with Gasteiger partial charge in [0.1, 0.15) is 0 Å². The molecule has 0 aliphatic rings. The lowest BCUT2D eigenvalue weighted by molar-refractivity contribution is -0.116. The van der Waals surface area contributed by atoms with E-state index >= 15 is 0 Å². The average Bonchev–Trinajstić information content (AvgIpc) is 3.03. The molecule has 0 spiro atoms. The van der Waals surface area contributed by atoms with Gasteiger partial charge in [-0.05, 0) is 24.1 Å². The largest absolute Gasteiger partial charge is 0.465 e. The van der Waals surface area contributed by atoms with Crippen LogP contribution in [0.15, 0.2) is 23.6 Å². The van der Waals surface area contributed by atoms with Crippen molar-refractivity contribution in [1.29, 1.82) is 0 Å². The second-order valence-corrected chi connectivity index (χ2v) is 6.91. The number of halogens is 1. The number of esters is 1. The summed E-state index contributed by atoms with van der Waals surface area (Å²) in [5.41, 5.74) is 1.77. The molecular weight excluding hydrogens is 348 g/mol. The summed E-state index contributed by atoms with van der Waals surface area (Å²) >= 11 is 7.63. The minimum atomic E-state index is -0.480. The van der Waals surface area contributed by atoms with E-state index in [1.54, 1.807) is 23.5 Å². The van der Waals surface area contributed by atoms with Gasteiger partial charge in [0.15, 0.2) is 0 Å². The number of methoxy groups -OCH3 is 1. The van der Waals surface area contributed by atoms with E-state index in [1.807, 2.05) is 5.38 Å². The van der Waals surface area contributed by atoms with Crippen LogP contribution in [0, 0.1) is 0 Å². The topological polar surface area (TPSA) is 68.3 Å². The van der Waals surface area contributed by atoms with Crippen LogP contribution in [0.2, 0.25) is 5.02 Å². The van der Waals surface area contributed by atoms with E-state index in [4.69, 9.17) is 11.6 Å². The Bertz CT molecular complexity index is 743. The Morgan fingerprint density at radius 1 is 1.38 bits per heavy atom. The van der Waals surface area contributed by atoms with Gasteiger partial charge in [-0.1, -0.05) is 25.4 Å². The molecular formula is C17H19ClN2O3S. The van der Waals surface area contributed by atoms with Crippen LogP contribution in [0.3, 0.4) is 0 Å². The smallest absolute Gasteiger partial charge is 0.337 e. The number of nitrogens with zero attached hydrogens (tertiary/aromatic N) is 1. The minimum absolute atomic E-state index is 0.180. The predicted octanol–water partition coefficient (Wildman–Crippen LogP) is 4.28. The second-order valence-electron chi connectivity index (χ2n) is 5.56. The molecule has 0 radical (unpaired) electrons. The normalized spacial score (nSPS) is 10.7. The molecule has 1 N–H and O–H groups in total. The van der Waals surface area contributed by atoms with E-state index in [-0.39, 0.29) is 5.91 Å². The van der Waals surface area contributed by atoms with E-state index in [0.29, 0.717) is 35.0 Å². The van der Waals surface area contributed by atoms with Crippen molar-refractivity contribution in [3.05, 3.63) is 44.9 Å². The van der Waals surface area contributed by atoms with Crippen LogP contribution in [-0.4, -0.2) is 24.0 Å². The van der Waals surface area contributed by atoms with Crippen LogP contribution < -0.4 is 5.32 Å². The van der Waals surface area contributed by atoms with Crippen LogP contribution >= 0.6 is 22.9 Å². The monoisotopic (exact) mass is 366 g/mol. The maximum atomic E-state index is 12.1. The van der Waals surface area contributed by atoms with Crippen LogP contribution in [-0.2, 0) is 16.0 Å². The maximum absolute atomic E-state index is 12.1. The van der Waals surface area contributed by atoms with Crippen molar-refractivity contribution in [2.24, 2.45) is 0 Å². The second kappa shape index (κ2) is 8.26. The number of anilines is 1. The van der Waals surface area contributed by atoms with Gasteiger partial charge >= 0.3 is 5.97 Å². The first-order valence-corrected chi connectivity index (χ1v) is 8.78. The summed E-state index contributed by atoms with van der Waals surface area (Å²) in [6.45, 7) is 4.17. The van der Waals surface area contributed by atoms with Crippen molar-refractivity contribution >= 4 is 40.5 Å². The number of hydrogen-bond donors (Lipinski definition) is 1. The number of aromatic nitrogens is 1. The molecule has 0 bridgehead atoms. The first-order chi connectivity index (χ1) is 11.4. The molecule has 0 saturated heterocycles. The van der Waals surface area contributed by atoms with Crippen molar-refractivity contribution < 1.29 is 14.3 Å². The number of nitrogens with one attached hydrogen (secondary N) is 1. The number of aryl methyl sites for hydroxylation is 1. The summed E-state index contributed by atoms with van der Waals surface area (Å²) < 4.78 is 4.66. The summed E-state index contributed by atoms with van der Waals surface area (Å²) in [5.74, 6) is -0.282. The molecule has 1 heterocycles. The van der Waals surface area contributed by atoms with Crippen LogP contribution in [0.1, 0.15) is 47.2 Å². The molecule has 1 aromatic heterocycles. The zero-order valence-electron chi connectivity index (χ0n) is 13.8. The number of hydrogen-bond acceptors (Lipinski definition) is 5. The van der Waals surface area contributed by atoms with Gasteiger partial charge in [0.25, 0.3) is 0 Å². The number of amides is 1. The lowest BCUT2D eigenvalue weighted by Gasteiger charge is -2.08. The lowest BCUT2D eigenvalue weighted by atomic mass is 10.2. The van der Waals surface area contributed by atoms with E-state index in [2.05, 4.69) is 28.9 Å². The van der Waals surface area contributed by atoms with E-state index in [1.165, 1.54) is 13.2 Å². The van der Waals surface area contributed by atoms with Crippen molar-refractivity contribution in [2.45, 2.75) is 32.6 Å². The number of ether oxygens (including phenoxy) is 1. The fourth-order valence-electron chi connectivity index (χ4n) is 2.00. The highest BCUT2D eigenvalue weighted by Gasteiger charge is 2.12. The van der Waals surface area contributed by atoms with Crippen LogP contribution in [0.25, 0.3) is 0 Å². The summed E-state index contributed by atoms with van der Waals surface area (Å²) in [6, 6.07) is 4.61. The molecule has 1 aromatic carbocycles. The Hall–Kier alpha value is -1.92. The van der Waals surface area contributed by atoms with Crippen molar-refractivity contribution in [1.82, 2.24) is 4.98 Å². The molecule has 0 aliphatic carbocycles. The Balaban J connectivity index is 1.97. The van der Waals surface area contributed by atoms with E-state index < -0.39 is 5.97 Å². The maximum Gasteiger partial charge on any atom is 0.337 e. The SMILES string of the molecule is COC(=O)c1ccc(Cl)c(NC(=O)CCc2nc(C(C)C)cs2)c1. The summed E-state index contributed by atoms with van der Waals surface area (Å²) in [5, 5.41) is 6.05. The van der Waals surface area contributed by atoms with E-state index in [0.717, 1.165) is 10.7 Å². The molecule has 7 heteroatoms. The summed E-state index contributed by atoms with van der Waals surface area (Å²) in [4.78, 5) is 28.2. The molecule has 24 heavy (non-hydrogen) atoms. The van der Waals surface area contributed by atoms with Crippen molar-refractivity contribution in [2.75, 3.05) is 12.4 Å². The highest BCUT2D eigenvalue weighted by Crippen LogP contribution is 2.24. The Morgan fingerprint density at radius 3 is 2.75 bits per heavy atom. The fourth-order valence-corrected chi connectivity index (χ4v) is 3.13. The summed E-state index contributed by atoms with van der Waals surface area (Å²) in [7, 11) is 1.30. The van der Waals surface area contributed by atoms with Gasteiger partial charge in [0, 0.05) is 18.2 Å². The molecule has 128 valence electrons. The quantitative estimate of drug-likeness (QED) is 0.775. The number of thiazole rings is 1. The molecule has 0 atom stereocenters. The number of rotatable bonds is 6. The number of carbonyl (C=O) groups is 2. The molecule has 0 unspecified atom stereocenters. The van der Waals surface area contributed by atoms with Gasteiger partial charge in [0.2, 0.25) is 5.91 Å². The third-order valence-electron chi connectivity index (χ3n) is 3.39. The van der Waals surface area contributed by atoms with Crippen LogP contribution in [0.5, 0.6) is 0 Å². The molecule has 2 aromatic rings. The molecule has 1 amide bonds. The van der Waals surface area contributed by atoms with Gasteiger partial charge in [-0.3, -0.25) is 4.79 Å². The first kappa shape index (κ1) is 18.4. The highest BCUT2D eigenvalue weighted by atomic mass is 35.5. The van der Waals surface area contributed by atoms with Crippen molar-refractivity contribution in [3.8, 4) is 0 Å². The number of carbonyl (C=O) groups excluding carboxylic acids is 2. The lowest BCUT2D eigenvalue weighted by Crippen LogP contribution is -2.13. The average molecular weight is 367 g/mol. The highest BCUT2D eigenvalue weighted by molar-refractivity contribution is 7.09. The molecule has 0 aliphatic heterocycles. The molecule has 0 fully saturated rings. The summed E-state index contributed by atoms with van der Waals surface area (Å²) in [6.07, 6.45) is 0.862. The Morgan fingerprint density at radius 2 is 2.12 bits per heavy atom.